The summed E-state index contributed by atoms with van der Waals surface area (Å²) in [7, 11) is -3.64. The molecule has 1 aliphatic rings. The quantitative estimate of drug-likeness (QED) is 0.890. The number of hydrogen-bond donors (Lipinski definition) is 2. The normalized spacial score (nSPS) is 22.6. The minimum Gasteiger partial charge on any atom is -0.481 e. The molecule has 0 spiro atoms. The molecular formula is C12H12N2O4S2. The Hall–Kier alpha value is -1.51. The summed E-state index contributed by atoms with van der Waals surface area (Å²) in [6.45, 7) is 0. The van der Waals surface area contributed by atoms with Crippen LogP contribution in [0, 0.1) is 5.92 Å². The molecule has 3 rings (SSSR count). The van der Waals surface area contributed by atoms with Crippen LogP contribution in [0.4, 0.5) is 0 Å². The SMILES string of the molecule is O=C(O)C1CC(NS(=O)(=O)c2cnc3ccsc3c2)C1. The first-order valence-corrected chi connectivity index (χ1v) is 8.40. The lowest BCUT2D eigenvalue weighted by Crippen LogP contribution is -2.46. The molecule has 2 heterocycles. The maximum absolute atomic E-state index is 12.2. The van der Waals surface area contributed by atoms with E-state index < -0.39 is 21.9 Å². The largest absolute Gasteiger partial charge is 0.481 e. The second-order valence-electron chi connectivity index (χ2n) is 4.80. The van der Waals surface area contributed by atoms with Gasteiger partial charge >= 0.3 is 5.97 Å². The van der Waals surface area contributed by atoms with E-state index in [0.29, 0.717) is 12.8 Å². The lowest BCUT2D eigenvalue weighted by molar-refractivity contribution is -0.145. The molecule has 2 aromatic heterocycles. The zero-order chi connectivity index (χ0) is 14.3. The highest BCUT2D eigenvalue weighted by molar-refractivity contribution is 7.89. The predicted octanol–water partition coefficient (Wildman–Crippen LogP) is 1.44. The second-order valence-corrected chi connectivity index (χ2v) is 7.46. The van der Waals surface area contributed by atoms with E-state index in [9.17, 15) is 13.2 Å². The Morgan fingerprint density at radius 3 is 2.90 bits per heavy atom. The maximum atomic E-state index is 12.2. The van der Waals surface area contributed by atoms with E-state index >= 15 is 0 Å². The zero-order valence-electron chi connectivity index (χ0n) is 10.3. The smallest absolute Gasteiger partial charge is 0.306 e. The van der Waals surface area contributed by atoms with E-state index in [1.165, 1.54) is 17.5 Å². The van der Waals surface area contributed by atoms with E-state index in [1.54, 1.807) is 6.07 Å². The first-order chi connectivity index (χ1) is 9.45. The van der Waals surface area contributed by atoms with Crippen LogP contribution in [0.25, 0.3) is 10.2 Å². The number of rotatable bonds is 4. The maximum Gasteiger partial charge on any atom is 0.306 e. The van der Waals surface area contributed by atoms with Crippen LogP contribution < -0.4 is 4.72 Å². The standard InChI is InChI=1S/C12H12N2O4S2/c15-12(16)7-3-8(4-7)14-20(17,18)9-5-11-10(13-6-9)1-2-19-11/h1-2,5-8,14H,3-4H2,(H,15,16). The van der Waals surface area contributed by atoms with E-state index in [-0.39, 0.29) is 10.9 Å². The summed E-state index contributed by atoms with van der Waals surface area (Å²) in [4.78, 5) is 14.9. The van der Waals surface area contributed by atoms with Crippen molar-refractivity contribution in [2.45, 2.75) is 23.8 Å². The van der Waals surface area contributed by atoms with Gasteiger partial charge in [-0.1, -0.05) is 0 Å². The minimum atomic E-state index is -3.64. The number of carboxylic acids is 1. The number of pyridine rings is 1. The lowest BCUT2D eigenvalue weighted by Gasteiger charge is -2.32. The van der Waals surface area contributed by atoms with Gasteiger partial charge in [0.05, 0.1) is 16.1 Å². The van der Waals surface area contributed by atoms with Crippen LogP contribution in [0.2, 0.25) is 0 Å². The fourth-order valence-electron chi connectivity index (χ4n) is 2.18. The van der Waals surface area contributed by atoms with Crippen molar-refractivity contribution < 1.29 is 18.3 Å². The molecule has 0 saturated heterocycles. The number of nitrogens with one attached hydrogen (secondary N) is 1. The van der Waals surface area contributed by atoms with Gasteiger partial charge in [-0.05, 0) is 30.4 Å². The lowest BCUT2D eigenvalue weighted by atomic mass is 9.81. The number of carbonyl (C=O) groups is 1. The summed E-state index contributed by atoms with van der Waals surface area (Å²) in [5, 5.41) is 10.6. The van der Waals surface area contributed by atoms with Gasteiger partial charge in [0.2, 0.25) is 10.0 Å². The molecule has 1 saturated carbocycles. The molecule has 8 heteroatoms. The summed E-state index contributed by atoms with van der Waals surface area (Å²) in [6.07, 6.45) is 2.00. The Balaban J connectivity index is 1.76. The second kappa shape index (κ2) is 4.80. The van der Waals surface area contributed by atoms with Crippen molar-refractivity contribution in [3.05, 3.63) is 23.7 Å². The van der Waals surface area contributed by atoms with Crippen LogP contribution in [-0.2, 0) is 14.8 Å². The number of aromatic nitrogens is 1. The summed E-state index contributed by atoms with van der Waals surface area (Å²) in [5.74, 6) is -1.32. The van der Waals surface area contributed by atoms with E-state index in [2.05, 4.69) is 9.71 Å². The molecule has 1 fully saturated rings. The topological polar surface area (TPSA) is 96.4 Å². The predicted molar refractivity (Wildman–Crippen MR) is 74.1 cm³/mol. The van der Waals surface area contributed by atoms with Crippen LogP contribution in [0.5, 0.6) is 0 Å². The molecule has 0 aromatic carbocycles. The molecule has 1 aliphatic carbocycles. The molecule has 0 atom stereocenters. The molecule has 0 unspecified atom stereocenters. The van der Waals surface area contributed by atoms with Crippen LogP contribution in [0.15, 0.2) is 28.6 Å². The molecule has 106 valence electrons. The van der Waals surface area contributed by atoms with Crippen molar-refractivity contribution in [1.29, 1.82) is 0 Å². The van der Waals surface area contributed by atoms with E-state index in [1.807, 2.05) is 11.4 Å². The first-order valence-electron chi connectivity index (χ1n) is 6.04. The number of thiophene rings is 1. The van der Waals surface area contributed by atoms with Crippen molar-refractivity contribution >= 4 is 37.5 Å². The highest BCUT2D eigenvalue weighted by atomic mass is 32.2. The van der Waals surface area contributed by atoms with Crippen molar-refractivity contribution in [2.75, 3.05) is 0 Å². The average molecular weight is 312 g/mol. The molecule has 2 aromatic rings. The van der Waals surface area contributed by atoms with Gasteiger partial charge < -0.3 is 5.11 Å². The van der Waals surface area contributed by atoms with Gasteiger partial charge in [0.15, 0.2) is 0 Å². The van der Waals surface area contributed by atoms with Gasteiger partial charge in [-0.25, -0.2) is 13.1 Å². The number of nitrogens with zero attached hydrogens (tertiary/aromatic N) is 1. The third-order valence-electron chi connectivity index (χ3n) is 3.40. The van der Waals surface area contributed by atoms with Gasteiger partial charge in [0, 0.05) is 12.2 Å². The summed E-state index contributed by atoms with van der Waals surface area (Å²) in [6, 6.07) is 3.11. The third-order valence-corrected chi connectivity index (χ3v) is 5.74. The van der Waals surface area contributed by atoms with Crippen molar-refractivity contribution in [1.82, 2.24) is 9.71 Å². The van der Waals surface area contributed by atoms with E-state index in [0.717, 1.165) is 10.2 Å². The monoisotopic (exact) mass is 312 g/mol. The van der Waals surface area contributed by atoms with Gasteiger partial charge in [0.25, 0.3) is 0 Å². The van der Waals surface area contributed by atoms with Crippen molar-refractivity contribution in [3.63, 3.8) is 0 Å². The minimum absolute atomic E-state index is 0.117. The highest BCUT2D eigenvalue weighted by Gasteiger charge is 2.37. The van der Waals surface area contributed by atoms with Gasteiger partial charge in [0.1, 0.15) is 4.90 Å². The third kappa shape index (κ3) is 2.41. The van der Waals surface area contributed by atoms with Gasteiger partial charge in [-0.15, -0.1) is 11.3 Å². The number of aliphatic carboxylic acids is 1. The Morgan fingerprint density at radius 1 is 1.45 bits per heavy atom. The van der Waals surface area contributed by atoms with Crippen LogP contribution >= 0.6 is 11.3 Å². The molecular weight excluding hydrogens is 300 g/mol. The van der Waals surface area contributed by atoms with Crippen molar-refractivity contribution in [3.8, 4) is 0 Å². The summed E-state index contributed by atoms with van der Waals surface area (Å²) in [5.41, 5.74) is 0.767. The number of hydrogen-bond acceptors (Lipinski definition) is 5. The number of sulfonamides is 1. The van der Waals surface area contributed by atoms with Crippen LogP contribution in [0.1, 0.15) is 12.8 Å². The molecule has 20 heavy (non-hydrogen) atoms. The van der Waals surface area contributed by atoms with Crippen LogP contribution in [-0.4, -0.2) is 30.5 Å². The molecule has 0 radical (unpaired) electrons. The molecule has 2 N–H and O–H groups in total. The molecule has 0 amide bonds. The Kier molecular flexibility index (Phi) is 3.23. The Labute approximate surface area is 119 Å². The van der Waals surface area contributed by atoms with E-state index in [4.69, 9.17) is 5.11 Å². The van der Waals surface area contributed by atoms with Crippen LogP contribution in [0.3, 0.4) is 0 Å². The number of carboxylic acid groups (broad SMARTS) is 1. The summed E-state index contributed by atoms with van der Waals surface area (Å²) < 4.78 is 27.7. The Bertz CT molecular complexity index is 763. The van der Waals surface area contributed by atoms with Crippen molar-refractivity contribution in [2.24, 2.45) is 5.92 Å². The fourth-order valence-corrected chi connectivity index (χ4v) is 4.27. The fraction of sp³-hybridized carbons (Fsp3) is 0.333. The molecule has 0 aliphatic heterocycles. The zero-order valence-corrected chi connectivity index (χ0v) is 11.9. The number of fused-ring (bicyclic) bond motifs is 1. The Morgan fingerprint density at radius 2 is 2.20 bits per heavy atom. The first kappa shape index (κ1) is 13.5. The average Bonchev–Trinajstić information content (AvgIpc) is 2.79. The summed E-state index contributed by atoms with van der Waals surface area (Å²) >= 11 is 1.43. The molecule has 6 nitrogen and oxygen atoms in total. The highest BCUT2D eigenvalue weighted by Crippen LogP contribution is 2.29. The molecule has 0 bridgehead atoms. The van der Waals surface area contributed by atoms with Gasteiger partial charge in [-0.3, -0.25) is 9.78 Å². The van der Waals surface area contributed by atoms with Gasteiger partial charge in [-0.2, -0.15) is 0 Å².